The third-order valence-corrected chi connectivity index (χ3v) is 5.08. The third-order valence-electron chi connectivity index (χ3n) is 2.43. The summed E-state index contributed by atoms with van der Waals surface area (Å²) in [5.74, 6) is 0. The topological polar surface area (TPSA) is 18.5 Å². The summed E-state index contributed by atoms with van der Waals surface area (Å²) in [5, 5.41) is 1.10. The maximum atomic E-state index is 5.88. The Balaban J connectivity index is 3.58. The van der Waals surface area contributed by atoms with Crippen molar-refractivity contribution >= 4 is 25.2 Å². The molecule has 0 bridgehead atoms. The van der Waals surface area contributed by atoms with Crippen LogP contribution < -0.4 is 0 Å². The highest BCUT2D eigenvalue weighted by atomic mass is 79.9. The van der Waals surface area contributed by atoms with Gasteiger partial charge in [0.15, 0.2) is 0 Å². The highest BCUT2D eigenvalue weighted by Crippen LogP contribution is 2.07. The average molecular weight is 311 g/mol. The number of rotatable bonds is 12. The summed E-state index contributed by atoms with van der Waals surface area (Å²) in [7, 11) is -1.35. The molecule has 0 radical (unpaired) electrons. The molecule has 0 saturated heterocycles. The molecule has 4 heteroatoms. The first kappa shape index (κ1) is 16.6. The molecule has 0 atom stereocenters. The lowest BCUT2D eigenvalue weighted by Crippen LogP contribution is -2.24. The quantitative estimate of drug-likeness (QED) is 0.308. The molecule has 0 aliphatic carbocycles. The molecule has 0 N–H and O–H groups in total. The van der Waals surface area contributed by atoms with Crippen molar-refractivity contribution in [2.45, 2.75) is 58.4 Å². The first-order chi connectivity index (χ1) is 7.85. The van der Waals surface area contributed by atoms with Gasteiger partial charge in [0, 0.05) is 18.5 Å². The van der Waals surface area contributed by atoms with Gasteiger partial charge in [-0.1, -0.05) is 49.0 Å². The number of halogens is 1. The first-order valence-electron chi connectivity index (χ1n) is 6.64. The molecule has 2 nitrogen and oxygen atoms in total. The second-order valence-electron chi connectivity index (χ2n) is 4.06. The van der Waals surface area contributed by atoms with Gasteiger partial charge in [-0.25, -0.2) is 0 Å². The normalized spacial score (nSPS) is 11.2. The van der Waals surface area contributed by atoms with Crippen LogP contribution in [0.25, 0.3) is 0 Å². The highest BCUT2D eigenvalue weighted by Gasteiger charge is 2.12. The average Bonchev–Trinajstić information content (AvgIpc) is 2.29. The van der Waals surface area contributed by atoms with E-state index in [2.05, 4.69) is 29.8 Å². The second kappa shape index (κ2) is 13.7. The summed E-state index contributed by atoms with van der Waals surface area (Å²) in [6.45, 7) is 6.19. The van der Waals surface area contributed by atoms with Crippen molar-refractivity contribution in [2.24, 2.45) is 0 Å². The second-order valence-corrected chi connectivity index (χ2v) is 6.96. The molecule has 0 spiro atoms. The standard InChI is InChI=1S/C12H27BrO2Si/c1-3-5-10-14-16(12-8-7-9-13)15-11-6-4-2/h16H,3-12H2,1-2H3. The van der Waals surface area contributed by atoms with E-state index < -0.39 is 9.28 Å². The van der Waals surface area contributed by atoms with Crippen LogP contribution in [0.4, 0.5) is 0 Å². The summed E-state index contributed by atoms with van der Waals surface area (Å²) in [6.07, 6.45) is 7.21. The van der Waals surface area contributed by atoms with Crippen LogP contribution in [-0.2, 0) is 8.85 Å². The van der Waals surface area contributed by atoms with Crippen LogP contribution in [-0.4, -0.2) is 27.8 Å². The van der Waals surface area contributed by atoms with Crippen LogP contribution in [0.1, 0.15) is 52.4 Å². The molecule has 0 amide bonds. The van der Waals surface area contributed by atoms with Crippen molar-refractivity contribution in [3.05, 3.63) is 0 Å². The maximum Gasteiger partial charge on any atom is 0.321 e. The predicted octanol–water partition coefficient (Wildman–Crippen LogP) is 4.02. The smallest absolute Gasteiger partial charge is 0.321 e. The molecule has 0 aliphatic heterocycles. The predicted molar refractivity (Wildman–Crippen MR) is 76.7 cm³/mol. The van der Waals surface area contributed by atoms with Gasteiger partial charge < -0.3 is 8.85 Å². The van der Waals surface area contributed by atoms with Gasteiger partial charge in [0.1, 0.15) is 0 Å². The van der Waals surface area contributed by atoms with Crippen molar-refractivity contribution in [2.75, 3.05) is 18.5 Å². The van der Waals surface area contributed by atoms with Crippen molar-refractivity contribution in [1.82, 2.24) is 0 Å². The van der Waals surface area contributed by atoms with E-state index in [1.54, 1.807) is 0 Å². The largest absolute Gasteiger partial charge is 0.397 e. The number of unbranched alkanes of at least 4 members (excludes halogenated alkanes) is 3. The van der Waals surface area contributed by atoms with Gasteiger partial charge in [-0.3, -0.25) is 0 Å². The van der Waals surface area contributed by atoms with Gasteiger partial charge in [-0.15, -0.1) is 0 Å². The van der Waals surface area contributed by atoms with Gasteiger partial charge in [0.2, 0.25) is 0 Å². The summed E-state index contributed by atoms with van der Waals surface area (Å²) in [4.78, 5) is 0. The Kier molecular flexibility index (Phi) is 14.2. The molecule has 0 aliphatic rings. The van der Waals surface area contributed by atoms with Crippen molar-refractivity contribution < 1.29 is 8.85 Å². The van der Waals surface area contributed by atoms with E-state index in [4.69, 9.17) is 8.85 Å². The summed E-state index contributed by atoms with van der Waals surface area (Å²) >= 11 is 3.46. The lowest BCUT2D eigenvalue weighted by Gasteiger charge is -2.16. The van der Waals surface area contributed by atoms with E-state index in [-0.39, 0.29) is 0 Å². The van der Waals surface area contributed by atoms with Gasteiger partial charge >= 0.3 is 9.28 Å². The molecule has 0 aromatic heterocycles. The molecule has 16 heavy (non-hydrogen) atoms. The summed E-state index contributed by atoms with van der Waals surface area (Å²) < 4.78 is 11.8. The minimum Gasteiger partial charge on any atom is -0.397 e. The van der Waals surface area contributed by atoms with Gasteiger partial charge in [0.25, 0.3) is 0 Å². The number of hydrogen-bond donors (Lipinski definition) is 0. The Morgan fingerprint density at radius 3 is 1.88 bits per heavy atom. The Hall–Kier alpha value is 0.617. The Labute approximate surface area is 111 Å². The molecule has 0 saturated carbocycles. The van der Waals surface area contributed by atoms with Gasteiger partial charge in [0.05, 0.1) is 0 Å². The van der Waals surface area contributed by atoms with E-state index in [0.29, 0.717) is 0 Å². The van der Waals surface area contributed by atoms with Crippen LogP contribution in [0, 0.1) is 0 Å². The molecular weight excluding hydrogens is 284 g/mol. The minimum atomic E-state index is -1.35. The SMILES string of the molecule is CCCCO[SiH](CCCCBr)OCCCC. The molecule has 0 aromatic carbocycles. The van der Waals surface area contributed by atoms with E-state index in [1.165, 1.54) is 44.6 Å². The van der Waals surface area contributed by atoms with Gasteiger partial charge in [-0.2, -0.15) is 0 Å². The molecule has 98 valence electrons. The highest BCUT2D eigenvalue weighted by molar-refractivity contribution is 9.09. The van der Waals surface area contributed by atoms with E-state index >= 15 is 0 Å². The van der Waals surface area contributed by atoms with Crippen LogP contribution in [0.15, 0.2) is 0 Å². The zero-order valence-corrected chi connectivity index (χ0v) is 13.6. The maximum absolute atomic E-state index is 5.88. The fourth-order valence-electron chi connectivity index (χ4n) is 1.34. The van der Waals surface area contributed by atoms with Crippen molar-refractivity contribution in [3.8, 4) is 0 Å². The molecule has 0 heterocycles. The van der Waals surface area contributed by atoms with E-state index in [0.717, 1.165) is 18.5 Å². The van der Waals surface area contributed by atoms with Crippen LogP contribution >= 0.6 is 15.9 Å². The Bertz CT molecular complexity index is 112. The lowest BCUT2D eigenvalue weighted by atomic mass is 10.4. The monoisotopic (exact) mass is 310 g/mol. The van der Waals surface area contributed by atoms with Crippen LogP contribution in [0.3, 0.4) is 0 Å². The fraction of sp³-hybridized carbons (Fsp3) is 1.00. The third kappa shape index (κ3) is 11.1. The van der Waals surface area contributed by atoms with E-state index in [1.807, 2.05) is 0 Å². The van der Waals surface area contributed by atoms with Crippen molar-refractivity contribution in [3.63, 3.8) is 0 Å². The van der Waals surface area contributed by atoms with Crippen LogP contribution in [0.2, 0.25) is 6.04 Å². The molecule has 0 unspecified atom stereocenters. The molecule has 0 rings (SSSR count). The molecule has 0 aromatic rings. The molecular formula is C12H27BrO2Si. The zero-order valence-electron chi connectivity index (χ0n) is 10.8. The Morgan fingerprint density at radius 1 is 0.875 bits per heavy atom. The van der Waals surface area contributed by atoms with E-state index in [9.17, 15) is 0 Å². The number of hydrogen-bond acceptors (Lipinski definition) is 2. The van der Waals surface area contributed by atoms with Crippen LogP contribution in [0.5, 0.6) is 0 Å². The Morgan fingerprint density at radius 2 is 1.44 bits per heavy atom. The van der Waals surface area contributed by atoms with Crippen molar-refractivity contribution in [1.29, 1.82) is 0 Å². The summed E-state index contributed by atoms with van der Waals surface area (Å²) in [5.41, 5.74) is 0. The van der Waals surface area contributed by atoms with Gasteiger partial charge in [-0.05, 0) is 25.3 Å². The minimum absolute atomic E-state index is 0.897. The summed E-state index contributed by atoms with van der Waals surface area (Å²) in [6, 6.07) is 1.17. The zero-order chi connectivity index (χ0) is 12.1. The molecule has 0 fully saturated rings. The first-order valence-corrected chi connectivity index (χ1v) is 9.52. The fourth-order valence-corrected chi connectivity index (χ4v) is 3.65. The lowest BCUT2D eigenvalue weighted by molar-refractivity contribution is 0.191. The number of alkyl halides is 1.